The van der Waals surface area contributed by atoms with Gasteiger partial charge < -0.3 is 0 Å². The zero-order chi connectivity index (χ0) is 36.3. The van der Waals surface area contributed by atoms with Crippen molar-refractivity contribution in [2.45, 2.75) is 5.41 Å². The van der Waals surface area contributed by atoms with Crippen molar-refractivity contribution in [3.05, 3.63) is 229 Å². The van der Waals surface area contributed by atoms with E-state index in [0.29, 0.717) is 5.82 Å². The number of rotatable bonds is 5. The molecule has 1 aromatic heterocycles. The van der Waals surface area contributed by atoms with E-state index in [1.807, 2.05) is 0 Å². The normalized spacial score (nSPS) is 12.9. The fourth-order valence-electron chi connectivity index (χ4n) is 9.18. The minimum absolute atomic E-state index is 0.429. The van der Waals surface area contributed by atoms with Gasteiger partial charge in [-0.25, -0.2) is 9.97 Å². The molecule has 8 aromatic carbocycles. The molecule has 0 N–H and O–H groups in total. The number of aromatic nitrogens is 2. The Morgan fingerprint density at radius 2 is 0.691 bits per heavy atom. The van der Waals surface area contributed by atoms with Crippen molar-refractivity contribution in [1.29, 1.82) is 0 Å². The highest BCUT2D eigenvalue weighted by molar-refractivity contribution is 6.00. The van der Waals surface area contributed by atoms with Crippen LogP contribution in [0.5, 0.6) is 0 Å². The van der Waals surface area contributed by atoms with Crippen molar-refractivity contribution in [2.24, 2.45) is 0 Å². The lowest BCUT2D eigenvalue weighted by Gasteiger charge is -2.30. The molecule has 1 heterocycles. The first kappa shape index (κ1) is 31.4. The second-order valence-electron chi connectivity index (χ2n) is 14.5. The van der Waals surface area contributed by atoms with Crippen LogP contribution in [-0.2, 0) is 5.41 Å². The van der Waals surface area contributed by atoms with Crippen molar-refractivity contribution in [3.63, 3.8) is 0 Å². The Balaban J connectivity index is 1.18. The Hall–Kier alpha value is -7.16. The molecule has 0 bridgehead atoms. The second-order valence-corrected chi connectivity index (χ2v) is 14.5. The standard InChI is InChI=1S/C53H34N2/c1-4-17-35(18-5-1)38-31-39(36-19-6-2-7-20-36)33-40(32-38)52-54-49(37-21-8-3-9-22-37)34-50(55-52)44-26-16-30-48-51(44)43-25-12-15-29-47(43)53(48)45-27-13-10-23-41(45)42-24-11-14-28-46(42)53/h1-34H. The molecule has 0 radical (unpaired) electrons. The lowest BCUT2D eigenvalue weighted by atomic mass is 9.70. The predicted molar refractivity (Wildman–Crippen MR) is 226 cm³/mol. The van der Waals surface area contributed by atoms with Crippen LogP contribution in [-0.4, -0.2) is 9.97 Å². The van der Waals surface area contributed by atoms with E-state index in [2.05, 4.69) is 206 Å². The fourth-order valence-corrected chi connectivity index (χ4v) is 9.18. The summed E-state index contributed by atoms with van der Waals surface area (Å²) in [4.78, 5) is 10.8. The van der Waals surface area contributed by atoms with Gasteiger partial charge in [0, 0.05) is 16.7 Å². The molecule has 11 rings (SSSR count). The average Bonchev–Trinajstić information content (AvgIpc) is 3.75. The molecule has 0 unspecified atom stereocenters. The summed E-state index contributed by atoms with van der Waals surface area (Å²) in [7, 11) is 0. The maximum Gasteiger partial charge on any atom is 0.160 e. The van der Waals surface area contributed by atoms with E-state index in [0.717, 1.165) is 50.3 Å². The first-order chi connectivity index (χ1) is 27.3. The molecule has 9 aromatic rings. The van der Waals surface area contributed by atoms with Crippen LogP contribution in [0.1, 0.15) is 22.3 Å². The zero-order valence-electron chi connectivity index (χ0n) is 30.0. The van der Waals surface area contributed by atoms with Gasteiger partial charge in [-0.15, -0.1) is 0 Å². The molecule has 0 saturated heterocycles. The zero-order valence-corrected chi connectivity index (χ0v) is 30.0. The van der Waals surface area contributed by atoms with Crippen molar-refractivity contribution in [1.82, 2.24) is 9.97 Å². The van der Waals surface area contributed by atoms with Crippen LogP contribution in [0.2, 0.25) is 0 Å². The molecule has 55 heavy (non-hydrogen) atoms. The van der Waals surface area contributed by atoms with Crippen LogP contribution < -0.4 is 0 Å². The molecule has 0 amide bonds. The van der Waals surface area contributed by atoms with Crippen LogP contribution in [0.3, 0.4) is 0 Å². The summed E-state index contributed by atoms with van der Waals surface area (Å²) in [5.74, 6) is 0.696. The van der Waals surface area contributed by atoms with Gasteiger partial charge in [0.05, 0.1) is 16.8 Å². The van der Waals surface area contributed by atoms with Gasteiger partial charge in [0.2, 0.25) is 0 Å². The third-order valence-electron chi connectivity index (χ3n) is 11.5. The smallest absolute Gasteiger partial charge is 0.160 e. The summed E-state index contributed by atoms with van der Waals surface area (Å²) in [6, 6.07) is 74.3. The molecule has 0 fully saturated rings. The van der Waals surface area contributed by atoms with Crippen molar-refractivity contribution in [3.8, 4) is 78.4 Å². The van der Waals surface area contributed by atoms with Crippen molar-refractivity contribution in [2.75, 3.05) is 0 Å². The second kappa shape index (κ2) is 12.5. The van der Waals surface area contributed by atoms with E-state index in [1.165, 1.54) is 44.5 Å². The van der Waals surface area contributed by atoms with Crippen molar-refractivity contribution >= 4 is 0 Å². The maximum absolute atomic E-state index is 5.51. The Morgan fingerprint density at radius 1 is 0.273 bits per heavy atom. The summed E-state index contributed by atoms with van der Waals surface area (Å²) in [5.41, 5.74) is 19.4. The first-order valence-corrected chi connectivity index (χ1v) is 18.9. The van der Waals surface area contributed by atoms with Gasteiger partial charge in [-0.05, 0) is 91.0 Å². The first-order valence-electron chi connectivity index (χ1n) is 18.9. The topological polar surface area (TPSA) is 25.8 Å². The highest BCUT2D eigenvalue weighted by Gasteiger charge is 2.52. The van der Waals surface area contributed by atoms with Gasteiger partial charge in [-0.2, -0.15) is 0 Å². The molecule has 2 aliphatic carbocycles. The van der Waals surface area contributed by atoms with Crippen molar-refractivity contribution < 1.29 is 0 Å². The van der Waals surface area contributed by atoms with Gasteiger partial charge in [0.1, 0.15) is 0 Å². The Kier molecular flexibility index (Phi) is 7.11. The highest BCUT2D eigenvalue weighted by Crippen LogP contribution is 2.63. The molecule has 2 aliphatic rings. The third-order valence-corrected chi connectivity index (χ3v) is 11.5. The van der Waals surface area contributed by atoms with Gasteiger partial charge in [0.15, 0.2) is 5.82 Å². The maximum atomic E-state index is 5.51. The van der Waals surface area contributed by atoms with Crippen LogP contribution in [0.25, 0.3) is 78.4 Å². The average molecular weight is 699 g/mol. The molecular formula is C53H34N2. The molecule has 0 saturated carbocycles. The third kappa shape index (κ3) is 4.82. The van der Waals surface area contributed by atoms with Gasteiger partial charge in [-0.3, -0.25) is 0 Å². The number of hydrogen-bond acceptors (Lipinski definition) is 2. The predicted octanol–water partition coefficient (Wildman–Crippen LogP) is 13.2. The van der Waals surface area contributed by atoms with Gasteiger partial charge >= 0.3 is 0 Å². The molecule has 2 nitrogen and oxygen atoms in total. The number of benzene rings is 8. The Bertz CT molecular complexity index is 2810. The van der Waals surface area contributed by atoms with Crippen LogP contribution >= 0.6 is 0 Å². The summed E-state index contributed by atoms with van der Waals surface area (Å²) in [5, 5.41) is 0. The fraction of sp³-hybridized carbons (Fsp3) is 0.0189. The van der Waals surface area contributed by atoms with Gasteiger partial charge in [0.25, 0.3) is 0 Å². The van der Waals surface area contributed by atoms with Crippen LogP contribution in [0.4, 0.5) is 0 Å². The van der Waals surface area contributed by atoms with Crippen LogP contribution in [0, 0.1) is 0 Å². The molecule has 1 spiro atoms. The number of nitrogens with zero attached hydrogens (tertiary/aromatic N) is 2. The Morgan fingerprint density at radius 3 is 1.27 bits per heavy atom. The van der Waals surface area contributed by atoms with E-state index in [4.69, 9.17) is 9.97 Å². The Labute approximate surface area is 321 Å². The van der Waals surface area contributed by atoms with E-state index in [1.54, 1.807) is 0 Å². The minimum Gasteiger partial charge on any atom is -0.228 e. The lowest BCUT2D eigenvalue weighted by Crippen LogP contribution is -2.25. The van der Waals surface area contributed by atoms with E-state index in [-0.39, 0.29) is 0 Å². The highest BCUT2D eigenvalue weighted by atomic mass is 14.9. The molecule has 0 atom stereocenters. The van der Waals surface area contributed by atoms with E-state index in [9.17, 15) is 0 Å². The van der Waals surface area contributed by atoms with Crippen LogP contribution in [0.15, 0.2) is 206 Å². The quantitative estimate of drug-likeness (QED) is 0.179. The lowest BCUT2D eigenvalue weighted by molar-refractivity contribution is 0.794. The van der Waals surface area contributed by atoms with E-state index < -0.39 is 5.41 Å². The molecular weight excluding hydrogens is 665 g/mol. The molecule has 2 heteroatoms. The summed E-state index contributed by atoms with van der Waals surface area (Å²) in [6.07, 6.45) is 0. The largest absolute Gasteiger partial charge is 0.228 e. The molecule has 0 aliphatic heterocycles. The van der Waals surface area contributed by atoms with Gasteiger partial charge in [-0.1, -0.05) is 182 Å². The molecule has 256 valence electrons. The van der Waals surface area contributed by atoms with E-state index >= 15 is 0 Å². The minimum atomic E-state index is -0.429. The monoisotopic (exact) mass is 698 g/mol. The SMILES string of the molecule is c1ccc(-c2cc(-c3ccccc3)cc(-c3nc(-c4ccccc4)cc(-c4cccc5c4-c4ccccc4C54c5ccccc5-c5ccccc54)n3)c2)cc1. The number of hydrogen-bond donors (Lipinski definition) is 0. The summed E-state index contributed by atoms with van der Waals surface area (Å²) < 4.78 is 0. The summed E-state index contributed by atoms with van der Waals surface area (Å²) in [6.45, 7) is 0. The number of fused-ring (bicyclic) bond motifs is 10. The summed E-state index contributed by atoms with van der Waals surface area (Å²) >= 11 is 0.